The maximum Gasteiger partial charge on any atom is 0.279 e. The Bertz CT molecular complexity index is 319. The molecule has 13 heavy (non-hydrogen) atoms. The summed E-state index contributed by atoms with van der Waals surface area (Å²) in [6, 6.07) is 0. The Kier molecular flexibility index (Phi) is 3.10. The molecule has 4 nitrogen and oxygen atoms in total. The minimum absolute atomic E-state index is 0.523. The van der Waals surface area contributed by atoms with Crippen molar-refractivity contribution in [3.05, 3.63) is 11.1 Å². The van der Waals surface area contributed by atoms with Crippen LogP contribution >= 0.6 is 0 Å². The average molecular weight is 204 g/mol. The number of rotatable bonds is 2. The van der Waals surface area contributed by atoms with Crippen molar-refractivity contribution >= 4 is 10.2 Å². The molecule has 0 atom stereocenters. The molecule has 1 aliphatic rings. The number of hydrogen-bond acceptors (Lipinski definition) is 2. The molecule has 5 heteroatoms. The Morgan fingerprint density at radius 1 is 1.31 bits per heavy atom. The Morgan fingerprint density at radius 3 is 2.38 bits per heavy atom. The van der Waals surface area contributed by atoms with E-state index in [1.54, 1.807) is 0 Å². The van der Waals surface area contributed by atoms with Crippen molar-refractivity contribution in [1.29, 1.82) is 0 Å². The fourth-order valence-corrected chi connectivity index (χ4v) is 2.27. The molecule has 0 bridgehead atoms. The summed E-state index contributed by atoms with van der Waals surface area (Å²) in [5.41, 5.74) is 2.47. The van der Waals surface area contributed by atoms with Gasteiger partial charge in [-0.3, -0.25) is 0 Å². The van der Waals surface area contributed by atoms with Crippen molar-refractivity contribution in [2.45, 2.75) is 20.3 Å². The topological polar surface area (TPSA) is 49.4 Å². The molecule has 0 radical (unpaired) electrons. The Hall–Kier alpha value is -0.390. The van der Waals surface area contributed by atoms with Crippen LogP contribution < -0.4 is 4.72 Å². The van der Waals surface area contributed by atoms with Gasteiger partial charge in [0.15, 0.2) is 0 Å². The second-order valence-electron chi connectivity index (χ2n) is 3.35. The first-order chi connectivity index (χ1) is 5.97. The van der Waals surface area contributed by atoms with E-state index in [1.807, 2.05) is 6.92 Å². The van der Waals surface area contributed by atoms with Gasteiger partial charge in [-0.05, 0) is 20.3 Å². The molecule has 1 N–H and O–H groups in total. The molecule has 0 aliphatic carbocycles. The van der Waals surface area contributed by atoms with Gasteiger partial charge in [-0.1, -0.05) is 11.1 Å². The molecule has 0 spiro atoms. The number of nitrogens with zero attached hydrogens (tertiary/aromatic N) is 1. The van der Waals surface area contributed by atoms with Crippen LogP contribution in [0.2, 0.25) is 0 Å². The van der Waals surface area contributed by atoms with Crippen LogP contribution in [0.3, 0.4) is 0 Å². The summed E-state index contributed by atoms with van der Waals surface area (Å²) < 4.78 is 26.6. The van der Waals surface area contributed by atoms with Gasteiger partial charge in [0.2, 0.25) is 0 Å². The van der Waals surface area contributed by atoms with Crippen LogP contribution in [-0.2, 0) is 10.2 Å². The zero-order valence-electron chi connectivity index (χ0n) is 8.29. The van der Waals surface area contributed by atoms with Crippen LogP contribution in [-0.4, -0.2) is 32.9 Å². The smallest absolute Gasteiger partial charge is 0.205 e. The Morgan fingerprint density at radius 2 is 1.92 bits per heavy atom. The summed E-state index contributed by atoms with van der Waals surface area (Å²) in [7, 11) is -1.79. The first-order valence-corrected chi connectivity index (χ1v) is 5.75. The van der Waals surface area contributed by atoms with E-state index in [9.17, 15) is 8.42 Å². The summed E-state index contributed by atoms with van der Waals surface area (Å²) in [5.74, 6) is 0. The van der Waals surface area contributed by atoms with Crippen molar-refractivity contribution in [3.8, 4) is 0 Å². The minimum Gasteiger partial charge on any atom is -0.205 e. The van der Waals surface area contributed by atoms with Gasteiger partial charge in [-0.15, -0.1) is 0 Å². The minimum atomic E-state index is -3.23. The van der Waals surface area contributed by atoms with Crippen LogP contribution in [0.25, 0.3) is 0 Å². The zero-order chi connectivity index (χ0) is 10.1. The van der Waals surface area contributed by atoms with Crippen molar-refractivity contribution < 1.29 is 8.42 Å². The van der Waals surface area contributed by atoms with Crippen molar-refractivity contribution in [2.24, 2.45) is 0 Å². The molecule has 1 aliphatic heterocycles. The van der Waals surface area contributed by atoms with E-state index in [0.717, 1.165) is 12.0 Å². The lowest BCUT2D eigenvalue weighted by Gasteiger charge is -2.27. The predicted molar refractivity (Wildman–Crippen MR) is 52.5 cm³/mol. The molecule has 1 heterocycles. The molecule has 0 fully saturated rings. The van der Waals surface area contributed by atoms with E-state index in [-0.39, 0.29) is 0 Å². The molecule has 0 aromatic heterocycles. The summed E-state index contributed by atoms with van der Waals surface area (Å²) in [4.78, 5) is 0. The molecular weight excluding hydrogens is 188 g/mol. The Balaban J connectivity index is 2.80. The predicted octanol–water partition coefficient (Wildman–Crippen LogP) is 0.493. The SMILES string of the molecule is CNS(=O)(=O)N1CCC(C)=C(C)C1. The molecule has 0 unspecified atom stereocenters. The van der Waals surface area contributed by atoms with E-state index < -0.39 is 10.2 Å². The van der Waals surface area contributed by atoms with E-state index in [2.05, 4.69) is 11.6 Å². The quantitative estimate of drug-likeness (QED) is 0.666. The highest BCUT2D eigenvalue weighted by molar-refractivity contribution is 7.87. The van der Waals surface area contributed by atoms with Gasteiger partial charge in [0.1, 0.15) is 0 Å². The molecule has 76 valence electrons. The maximum atomic E-state index is 11.4. The second-order valence-corrected chi connectivity index (χ2v) is 5.23. The van der Waals surface area contributed by atoms with Crippen LogP contribution in [0.5, 0.6) is 0 Å². The Labute approximate surface area is 79.8 Å². The van der Waals surface area contributed by atoms with Crippen LogP contribution in [0.1, 0.15) is 20.3 Å². The summed E-state index contributed by atoms with van der Waals surface area (Å²) in [6.07, 6.45) is 0.840. The number of nitrogens with one attached hydrogen (secondary N) is 1. The summed E-state index contributed by atoms with van der Waals surface area (Å²) in [6.45, 7) is 5.15. The monoisotopic (exact) mass is 204 g/mol. The lowest BCUT2D eigenvalue weighted by atomic mass is 10.1. The maximum absolute atomic E-state index is 11.4. The third kappa shape index (κ3) is 2.30. The highest BCUT2D eigenvalue weighted by Crippen LogP contribution is 2.18. The average Bonchev–Trinajstić information content (AvgIpc) is 2.09. The molecule has 0 amide bonds. The molecule has 0 aromatic carbocycles. The molecule has 1 rings (SSSR count). The van der Waals surface area contributed by atoms with E-state index in [4.69, 9.17) is 0 Å². The second kappa shape index (κ2) is 3.77. The third-order valence-electron chi connectivity index (χ3n) is 2.48. The lowest BCUT2D eigenvalue weighted by molar-refractivity contribution is 0.415. The van der Waals surface area contributed by atoms with Crippen molar-refractivity contribution in [3.63, 3.8) is 0 Å². The van der Waals surface area contributed by atoms with Crippen LogP contribution in [0.15, 0.2) is 11.1 Å². The first kappa shape index (κ1) is 10.7. The normalized spacial score (nSPS) is 20.8. The molecule has 0 saturated heterocycles. The molecule has 0 saturated carbocycles. The largest absolute Gasteiger partial charge is 0.279 e. The van der Waals surface area contributed by atoms with Gasteiger partial charge in [0.25, 0.3) is 10.2 Å². The number of hydrogen-bond donors (Lipinski definition) is 1. The van der Waals surface area contributed by atoms with E-state index in [0.29, 0.717) is 13.1 Å². The third-order valence-corrected chi connectivity index (χ3v) is 3.98. The fourth-order valence-electron chi connectivity index (χ4n) is 1.32. The van der Waals surface area contributed by atoms with Crippen LogP contribution in [0, 0.1) is 0 Å². The van der Waals surface area contributed by atoms with Crippen molar-refractivity contribution in [2.75, 3.05) is 20.1 Å². The molecular formula is C8H16N2O2S. The van der Waals surface area contributed by atoms with Gasteiger partial charge in [0.05, 0.1) is 0 Å². The van der Waals surface area contributed by atoms with Crippen LogP contribution in [0.4, 0.5) is 0 Å². The lowest BCUT2D eigenvalue weighted by Crippen LogP contribution is -2.42. The van der Waals surface area contributed by atoms with Gasteiger partial charge >= 0.3 is 0 Å². The van der Waals surface area contributed by atoms with E-state index in [1.165, 1.54) is 16.9 Å². The first-order valence-electron chi connectivity index (χ1n) is 4.31. The van der Waals surface area contributed by atoms with Gasteiger partial charge in [-0.2, -0.15) is 12.7 Å². The summed E-state index contributed by atoms with van der Waals surface area (Å²) in [5, 5.41) is 0. The van der Waals surface area contributed by atoms with Gasteiger partial charge < -0.3 is 0 Å². The summed E-state index contributed by atoms with van der Waals surface area (Å²) >= 11 is 0. The van der Waals surface area contributed by atoms with Crippen molar-refractivity contribution in [1.82, 2.24) is 9.03 Å². The highest BCUT2D eigenvalue weighted by atomic mass is 32.2. The standard InChI is InChI=1S/C8H16N2O2S/c1-7-4-5-10(6-8(7)2)13(11,12)9-3/h9H,4-6H2,1-3H3. The van der Waals surface area contributed by atoms with E-state index >= 15 is 0 Å². The highest BCUT2D eigenvalue weighted by Gasteiger charge is 2.23. The zero-order valence-corrected chi connectivity index (χ0v) is 9.11. The van der Waals surface area contributed by atoms with Gasteiger partial charge in [0, 0.05) is 20.1 Å². The molecule has 0 aromatic rings. The fraction of sp³-hybridized carbons (Fsp3) is 0.750. The van der Waals surface area contributed by atoms with Gasteiger partial charge in [-0.25, -0.2) is 4.72 Å².